The predicted molar refractivity (Wildman–Crippen MR) is 72.7 cm³/mol. The number of ether oxygens (including phenoxy) is 1. The van der Waals surface area contributed by atoms with Gasteiger partial charge in [-0.1, -0.05) is 26.2 Å². The van der Waals surface area contributed by atoms with Gasteiger partial charge < -0.3 is 10.1 Å². The summed E-state index contributed by atoms with van der Waals surface area (Å²) in [4.78, 5) is 0. The molecular weight excluding hydrogens is 210 g/mol. The third kappa shape index (κ3) is 3.95. The van der Waals surface area contributed by atoms with E-state index in [1.807, 2.05) is 0 Å². The number of nitrogens with one attached hydrogen (secondary N) is 1. The van der Waals surface area contributed by atoms with Gasteiger partial charge in [-0.2, -0.15) is 0 Å². The first kappa shape index (κ1) is 12.3. The van der Waals surface area contributed by atoms with Crippen LogP contribution in [0.15, 0.2) is 24.3 Å². The minimum Gasteiger partial charge on any atom is -0.494 e. The third-order valence-corrected chi connectivity index (χ3v) is 3.30. The van der Waals surface area contributed by atoms with Crippen molar-refractivity contribution >= 4 is 5.69 Å². The monoisotopic (exact) mass is 233 g/mol. The van der Waals surface area contributed by atoms with E-state index < -0.39 is 0 Å². The highest BCUT2D eigenvalue weighted by Crippen LogP contribution is 2.23. The van der Waals surface area contributed by atoms with Crippen LogP contribution in [0, 0.1) is 0 Å². The molecule has 1 saturated carbocycles. The fraction of sp³-hybridized carbons (Fsp3) is 0.600. The molecule has 0 radical (unpaired) electrons. The molecule has 0 amide bonds. The molecule has 0 aromatic heterocycles. The molecule has 2 nitrogen and oxygen atoms in total. The molecule has 0 atom stereocenters. The summed E-state index contributed by atoms with van der Waals surface area (Å²) in [5.74, 6) is 0.973. The van der Waals surface area contributed by atoms with Gasteiger partial charge in [0.15, 0.2) is 0 Å². The van der Waals surface area contributed by atoms with E-state index in [2.05, 4.69) is 36.5 Å². The van der Waals surface area contributed by atoms with Crippen molar-refractivity contribution < 1.29 is 4.74 Å². The minimum atomic E-state index is 0.672. The molecule has 0 heterocycles. The Morgan fingerprint density at radius 3 is 2.47 bits per heavy atom. The maximum absolute atomic E-state index is 5.57. The van der Waals surface area contributed by atoms with Crippen molar-refractivity contribution in [3.05, 3.63) is 24.3 Å². The first-order valence-electron chi connectivity index (χ1n) is 6.88. The Balaban J connectivity index is 1.84. The van der Waals surface area contributed by atoms with Crippen molar-refractivity contribution in [2.75, 3.05) is 11.9 Å². The maximum atomic E-state index is 5.57. The Kier molecular flexibility index (Phi) is 4.72. The number of anilines is 1. The normalized spacial score (nSPS) is 16.8. The van der Waals surface area contributed by atoms with Crippen LogP contribution in [0.5, 0.6) is 5.75 Å². The Morgan fingerprint density at radius 1 is 1.12 bits per heavy atom. The highest BCUT2D eigenvalue weighted by atomic mass is 16.5. The van der Waals surface area contributed by atoms with Crippen LogP contribution in [-0.2, 0) is 0 Å². The Labute approximate surface area is 104 Å². The first-order chi connectivity index (χ1) is 8.38. The van der Waals surface area contributed by atoms with Gasteiger partial charge in [0.25, 0.3) is 0 Å². The number of benzene rings is 1. The lowest BCUT2D eigenvalue weighted by atomic mass is 9.95. The molecule has 0 bridgehead atoms. The molecule has 1 aromatic rings. The highest BCUT2D eigenvalue weighted by Gasteiger charge is 2.12. The van der Waals surface area contributed by atoms with E-state index in [0.29, 0.717) is 6.04 Å². The van der Waals surface area contributed by atoms with E-state index in [1.54, 1.807) is 0 Å². The summed E-state index contributed by atoms with van der Waals surface area (Å²) in [6.45, 7) is 2.93. The molecule has 1 aliphatic rings. The zero-order chi connectivity index (χ0) is 11.9. The minimum absolute atomic E-state index is 0.672. The molecule has 0 spiro atoms. The Morgan fingerprint density at radius 2 is 1.82 bits per heavy atom. The van der Waals surface area contributed by atoms with Crippen LogP contribution >= 0.6 is 0 Å². The lowest BCUT2D eigenvalue weighted by Crippen LogP contribution is -2.22. The summed E-state index contributed by atoms with van der Waals surface area (Å²) in [5.41, 5.74) is 1.22. The molecule has 0 aliphatic heterocycles. The van der Waals surface area contributed by atoms with Gasteiger partial charge in [-0.25, -0.2) is 0 Å². The van der Waals surface area contributed by atoms with Crippen molar-refractivity contribution in [3.63, 3.8) is 0 Å². The fourth-order valence-corrected chi connectivity index (χ4v) is 2.35. The van der Waals surface area contributed by atoms with E-state index in [0.717, 1.165) is 18.8 Å². The van der Waals surface area contributed by atoms with Gasteiger partial charge in [0.05, 0.1) is 6.61 Å². The van der Waals surface area contributed by atoms with Crippen molar-refractivity contribution in [2.45, 2.75) is 51.5 Å². The molecule has 0 unspecified atom stereocenters. The first-order valence-corrected chi connectivity index (χ1v) is 6.88. The van der Waals surface area contributed by atoms with Crippen molar-refractivity contribution in [1.82, 2.24) is 0 Å². The second kappa shape index (κ2) is 6.53. The van der Waals surface area contributed by atoms with E-state index in [1.165, 1.54) is 37.8 Å². The van der Waals surface area contributed by atoms with Gasteiger partial charge in [0, 0.05) is 11.7 Å². The standard InChI is InChI=1S/C15H23NO/c1-2-12-17-15-10-8-14(9-11-15)16-13-6-4-3-5-7-13/h8-11,13,16H,2-7,12H2,1H3. The molecule has 1 aliphatic carbocycles. The molecule has 94 valence electrons. The number of hydrogen-bond donors (Lipinski definition) is 1. The molecule has 0 saturated heterocycles. The summed E-state index contributed by atoms with van der Waals surface area (Å²) in [5, 5.41) is 3.61. The summed E-state index contributed by atoms with van der Waals surface area (Å²) in [7, 11) is 0. The van der Waals surface area contributed by atoms with Crippen LogP contribution < -0.4 is 10.1 Å². The predicted octanol–water partition coefficient (Wildman–Crippen LogP) is 4.22. The van der Waals surface area contributed by atoms with Crippen LogP contribution in [0.25, 0.3) is 0 Å². The van der Waals surface area contributed by atoms with Gasteiger partial charge in [-0.3, -0.25) is 0 Å². The SMILES string of the molecule is CCCOc1ccc(NC2CCCCC2)cc1. The highest BCUT2D eigenvalue weighted by molar-refractivity contribution is 5.47. The van der Waals surface area contributed by atoms with Crippen LogP contribution in [0.3, 0.4) is 0 Å². The molecule has 1 aromatic carbocycles. The smallest absolute Gasteiger partial charge is 0.119 e. The lowest BCUT2D eigenvalue weighted by Gasteiger charge is -2.23. The maximum Gasteiger partial charge on any atom is 0.119 e. The second-order valence-electron chi connectivity index (χ2n) is 4.85. The van der Waals surface area contributed by atoms with E-state index in [4.69, 9.17) is 4.74 Å². The summed E-state index contributed by atoms with van der Waals surface area (Å²) in [6, 6.07) is 9.03. The van der Waals surface area contributed by atoms with Crippen LogP contribution in [-0.4, -0.2) is 12.6 Å². The average molecular weight is 233 g/mol. The van der Waals surface area contributed by atoms with Crippen molar-refractivity contribution in [2.24, 2.45) is 0 Å². The van der Waals surface area contributed by atoms with E-state index in [-0.39, 0.29) is 0 Å². The Hall–Kier alpha value is -1.18. The molecule has 1 fully saturated rings. The molecular formula is C15H23NO. The topological polar surface area (TPSA) is 21.3 Å². The summed E-state index contributed by atoms with van der Waals surface area (Å²) >= 11 is 0. The number of rotatable bonds is 5. The molecule has 2 rings (SSSR count). The fourth-order valence-electron chi connectivity index (χ4n) is 2.35. The van der Waals surface area contributed by atoms with Gasteiger partial charge >= 0.3 is 0 Å². The molecule has 17 heavy (non-hydrogen) atoms. The van der Waals surface area contributed by atoms with Crippen LogP contribution in [0.4, 0.5) is 5.69 Å². The van der Waals surface area contributed by atoms with E-state index >= 15 is 0 Å². The largest absolute Gasteiger partial charge is 0.494 e. The molecule has 1 N–H and O–H groups in total. The Bertz CT molecular complexity index is 314. The number of hydrogen-bond acceptors (Lipinski definition) is 2. The van der Waals surface area contributed by atoms with Crippen LogP contribution in [0.1, 0.15) is 45.4 Å². The zero-order valence-electron chi connectivity index (χ0n) is 10.7. The quantitative estimate of drug-likeness (QED) is 0.822. The van der Waals surface area contributed by atoms with Gasteiger partial charge in [-0.05, 0) is 43.5 Å². The zero-order valence-corrected chi connectivity index (χ0v) is 10.7. The summed E-state index contributed by atoms with van der Waals surface area (Å²) < 4.78 is 5.57. The van der Waals surface area contributed by atoms with Crippen molar-refractivity contribution in [1.29, 1.82) is 0 Å². The lowest BCUT2D eigenvalue weighted by molar-refractivity contribution is 0.317. The van der Waals surface area contributed by atoms with Gasteiger partial charge in [0.1, 0.15) is 5.75 Å². The third-order valence-electron chi connectivity index (χ3n) is 3.30. The average Bonchev–Trinajstić information content (AvgIpc) is 2.39. The van der Waals surface area contributed by atoms with Crippen molar-refractivity contribution in [3.8, 4) is 5.75 Å². The van der Waals surface area contributed by atoms with Gasteiger partial charge in [0.2, 0.25) is 0 Å². The second-order valence-corrected chi connectivity index (χ2v) is 4.85. The summed E-state index contributed by atoms with van der Waals surface area (Å²) in [6.07, 6.45) is 7.83. The molecule has 2 heteroatoms. The van der Waals surface area contributed by atoms with Crippen LogP contribution in [0.2, 0.25) is 0 Å². The van der Waals surface area contributed by atoms with Gasteiger partial charge in [-0.15, -0.1) is 0 Å². The van der Waals surface area contributed by atoms with E-state index in [9.17, 15) is 0 Å².